The predicted octanol–water partition coefficient (Wildman–Crippen LogP) is 26.0. The minimum atomic E-state index is -4.96. The Morgan fingerprint density at radius 3 is 0.654 bits per heavy atom. The fraction of sp³-hybridized carbons (Fsp3) is 0.953. The van der Waals surface area contributed by atoms with Crippen molar-refractivity contribution >= 4 is 39.5 Å². The van der Waals surface area contributed by atoms with Crippen molar-refractivity contribution < 1.29 is 80.2 Å². The third-order valence-electron chi connectivity index (χ3n) is 20.0. The Morgan fingerprint density at radius 1 is 0.260 bits per heavy atom. The van der Waals surface area contributed by atoms with Crippen LogP contribution in [0.25, 0.3) is 0 Å². The Hall–Kier alpha value is -1.94. The third-order valence-corrected chi connectivity index (χ3v) is 21.9. The molecule has 0 bridgehead atoms. The zero-order valence-corrected chi connectivity index (χ0v) is 70.0. The van der Waals surface area contributed by atoms with Gasteiger partial charge in [-0.3, -0.25) is 37.3 Å². The lowest BCUT2D eigenvalue weighted by Crippen LogP contribution is -2.30. The molecule has 0 saturated carbocycles. The van der Waals surface area contributed by atoms with Crippen LogP contribution in [-0.4, -0.2) is 96.7 Å². The van der Waals surface area contributed by atoms with Crippen LogP contribution >= 0.6 is 15.6 Å². The molecule has 0 fully saturated rings. The lowest BCUT2D eigenvalue weighted by Gasteiger charge is -2.21. The molecule has 0 amide bonds. The second-order valence-corrected chi connectivity index (χ2v) is 34.0. The van der Waals surface area contributed by atoms with Crippen LogP contribution in [0.2, 0.25) is 0 Å². The number of ether oxygens (including phenoxy) is 4. The molecule has 3 N–H and O–H groups in total. The summed E-state index contributed by atoms with van der Waals surface area (Å²) in [5, 5.41) is 10.7. The van der Waals surface area contributed by atoms with E-state index in [1.54, 1.807) is 0 Å². The second-order valence-electron chi connectivity index (χ2n) is 31.1. The summed E-state index contributed by atoms with van der Waals surface area (Å²) in [5.41, 5.74) is 0. The Bertz CT molecular complexity index is 1980. The zero-order valence-electron chi connectivity index (χ0n) is 68.2. The highest BCUT2D eigenvalue weighted by molar-refractivity contribution is 7.47. The normalized spacial score (nSPS) is 13.8. The van der Waals surface area contributed by atoms with Crippen LogP contribution in [0.15, 0.2) is 0 Å². The number of hydrogen-bond donors (Lipinski definition) is 3. The molecule has 0 aromatic carbocycles. The average molecular weight is 1520 g/mol. The van der Waals surface area contributed by atoms with Gasteiger partial charge in [-0.25, -0.2) is 9.13 Å². The van der Waals surface area contributed by atoms with E-state index in [-0.39, 0.29) is 25.7 Å². The molecule has 2 unspecified atom stereocenters. The number of phosphoric ester groups is 2. The largest absolute Gasteiger partial charge is 0.472 e. The Balaban J connectivity index is 5.21. The first-order valence-electron chi connectivity index (χ1n) is 44.1. The first-order chi connectivity index (χ1) is 50.5. The minimum Gasteiger partial charge on any atom is -0.462 e. The first kappa shape index (κ1) is 102. The number of esters is 4. The lowest BCUT2D eigenvalue weighted by atomic mass is 10.0. The monoisotopic (exact) mass is 1520 g/mol. The molecule has 0 aliphatic rings. The molecule has 5 atom stereocenters. The van der Waals surface area contributed by atoms with Gasteiger partial charge in [-0.15, -0.1) is 0 Å². The molecule has 0 aromatic rings. The SMILES string of the molecule is CCCCCCCCCCCCCCCCCCCCCCCCC(=O)O[C@H](COC(=O)CCCCCCCCCCCCCCCC(C)C)COP(=O)(O)OC[C@@H](O)COP(=O)(O)OC[C@@H](COC(=O)CCCCCCCCCCCC)OC(=O)CCCCCCCCCCCCCCCCCC. The van der Waals surface area contributed by atoms with Crippen molar-refractivity contribution in [2.24, 2.45) is 5.92 Å². The molecule has 0 rings (SSSR count). The standard InChI is InChI=1S/C85H166O17P2/c1-6-9-12-15-18-21-24-26-28-30-31-32-33-34-35-37-41-46-51-56-61-66-71-85(90)102-81(75-96-83(88)69-64-59-54-49-44-42-38-39-43-47-52-57-62-67-78(4)5)77-100-104(93,94)98-73-79(86)72-97-103(91,92)99-76-80(74-95-82(87)68-63-58-53-48-23-20-17-14-11-8-3)101-84(89)70-65-60-55-50-45-40-36-29-27-25-22-19-16-13-10-7-2/h78-81,86H,6-77H2,1-5H3,(H,91,92)(H,93,94)/t79-,80+,81+/m0/s1. The van der Waals surface area contributed by atoms with E-state index in [4.69, 9.17) is 37.0 Å². The quantitative estimate of drug-likeness (QED) is 0.0222. The highest BCUT2D eigenvalue weighted by Gasteiger charge is 2.30. The number of phosphoric acid groups is 2. The van der Waals surface area contributed by atoms with Crippen LogP contribution in [0.4, 0.5) is 0 Å². The number of hydrogen-bond acceptors (Lipinski definition) is 15. The Kier molecular flexibility index (Phi) is 76.3. The van der Waals surface area contributed by atoms with E-state index in [1.165, 1.54) is 283 Å². The van der Waals surface area contributed by atoms with E-state index in [0.717, 1.165) is 95.8 Å². The molecular formula is C85H166O17P2. The van der Waals surface area contributed by atoms with Gasteiger partial charge in [0.15, 0.2) is 12.2 Å². The molecule has 0 aliphatic heterocycles. The van der Waals surface area contributed by atoms with Gasteiger partial charge >= 0.3 is 39.5 Å². The number of aliphatic hydroxyl groups excluding tert-OH is 1. The van der Waals surface area contributed by atoms with Crippen LogP contribution in [0.5, 0.6) is 0 Å². The average Bonchev–Trinajstić information content (AvgIpc) is 0.905. The molecule has 104 heavy (non-hydrogen) atoms. The van der Waals surface area contributed by atoms with Gasteiger partial charge in [0.2, 0.25) is 0 Å². The second kappa shape index (κ2) is 77.8. The number of unbranched alkanes of at least 4 members (excludes halogenated alkanes) is 57. The fourth-order valence-electron chi connectivity index (χ4n) is 13.3. The van der Waals surface area contributed by atoms with Crippen LogP contribution in [-0.2, 0) is 65.4 Å². The molecule has 0 heterocycles. The molecule has 0 aliphatic carbocycles. The van der Waals surface area contributed by atoms with E-state index < -0.39 is 97.5 Å². The summed E-state index contributed by atoms with van der Waals surface area (Å²) in [7, 11) is -9.92. The Morgan fingerprint density at radius 2 is 0.442 bits per heavy atom. The summed E-state index contributed by atoms with van der Waals surface area (Å²) in [6.45, 7) is 7.37. The van der Waals surface area contributed by atoms with Gasteiger partial charge in [-0.05, 0) is 31.6 Å². The molecule has 0 radical (unpaired) electrons. The van der Waals surface area contributed by atoms with Gasteiger partial charge in [0.25, 0.3) is 0 Å². The van der Waals surface area contributed by atoms with Gasteiger partial charge in [0.05, 0.1) is 26.4 Å². The maximum Gasteiger partial charge on any atom is 0.472 e. The summed E-state index contributed by atoms with van der Waals surface area (Å²) in [4.78, 5) is 73.2. The topological polar surface area (TPSA) is 237 Å². The van der Waals surface area contributed by atoms with E-state index in [9.17, 15) is 43.2 Å². The van der Waals surface area contributed by atoms with Crippen molar-refractivity contribution in [3.8, 4) is 0 Å². The molecule has 618 valence electrons. The van der Waals surface area contributed by atoms with Crippen molar-refractivity contribution in [2.75, 3.05) is 39.6 Å². The van der Waals surface area contributed by atoms with E-state index in [2.05, 4.69) is 34.6 Å². The minimum absolute atomic E-state index is 0.109. The van der Waals surface area contributed by atoms with Gasteiger partial charge in [0.1, 0.15) is 19.3 Å². The van der Waals surface area contributed by atoms with Crippen molar-refractivity contribution in [1.29, 1.82) is 0 Å². The van der Waals surface area contributed by atoms with Crippen molar-refractivity contribution in [3.63, 3.8) is 0 Å². The summed E-state index contributed by atoms with van der Waals surface area (Å²) in [6.07, 6.45) is 70.8. The maximum absolute atomic E-state index is 13.1. The molecular weight excluding hydrogens is 1350 g/mol. The van der Waals surface area contributed by atoms with Crippen LogP contribution in [0.1, 0.15) is 458 Å². The highest BCUT2D eigenvalue weighted by atomic mass is 31.2. The fourth-order valence-corrected chi connectivity index (χ4v) is 14.9. The molecule has 0 saturated heterocycles. The van der Waals surface area contributed by atoms with Gasteiger partial charge in [-0.1, -0.05) is 407 Å². The molecule has 17 nitrogen and oxygen atoms in total. The van der Waals surface area contributed by atoms with Gasteiger partial charge in [-0.2, -0.15) is 0 Å². The van der Waals surface area contributed by atoms with Crippen molar-refractivity contribution in [3.05, 3.63) is 0 Å². The van der Waals surface area contributed by atoms with Crippen molar-refractivity contribution in [2.45, 2.75) is 477 Å². The van der Waals surface area contributed by atoms with Gasteiger partial charge in [0, 0.05) is 25.7 Å². The third kappa shape index (κ3) is 78.2. The highest BCUT2D eigenvalue weighted by Crippen LogP contribution is 2.45. The molecule has 0 spiro atoms. The zero-order chi connectivity index (χ0) is 76.2. The molecule has 0 aromatic heterocycles. The van der Waals surface area contributed by atoms with Crippen molar-refractivity contribution in [1.82, 2.24) is 0 Å². The van der Waals surface area contributed by atoms with E-state index in [1.807, 2.05) is 0 Å². The van der Waals surface area contributed by atoms with Crippen LogP contribution in [0, 0.1) is 5.92 Å². The van der Waals surface area contributed by atoms with Crippen LogP contribution < -0.4 is 0 Å². The number of aliphatic hydroxyl groups is 1. The smallest absolute Gasteiger partial charge is 0.462 e. The van der Waals surface area contributed by atoms with Crippen LogP contribution in [0.3, 0.4) is 0 Å². The summed E-state index contributed by atoms with van der Waals surface area (Å²) < 4.78 is 68.8. The number of rotatable bonds is 85. The summed E-state index contributed by atoms with van der Waals surface area (Å²) >= 11 is 0. The first-order valence-corrected chi connectivity index (χ1v) is 47.1. The summed E-state index contributed by atoms with van der Waals surface area (Å²) in [6, 6.07) is 0. The van der Waals surface area contributed by atoms with E-state index in [0.29, 0.717) is 25.7 Å². The predicted molar refractivity (Wildman–Crippen MR) is 428 cm³/mol. The number of carbonyl (C=O) groups is 4. The molecule has 19 heteroatoms. The maximum atomic E-state index is 13.1. The Labute approximate surface area is 638 Å². The summed E-state index contributed by atoms with van der Waals surface area (Å²) in [5.74, 6) is -1.31. The van der Waals surface area contributed by atoms with Gasteiger partial charge < -0.3 is 33.8 Å². The lowest BCUT2D eigenvalue weighted by molar-refractivity contribution is -0.161. The van der Waals surface area contributed by atoms with E-state index >= 15 is 0 Å². The number of carbonyl (C=O) groups excluding carboxylic acids is 4.